The number of likely N-dealkylation sites (tertiary alicyclic amines) is 2. The lowest BCUT2D eigenvalue weighted by Gasteiger charge is -2.48. The fourth-order valence-electron chi connectivity index (χ4n) is 4.21. The van der Waals surface area contributed by atoms with Crippen molar-refractivity contribution in [2.75, 3.05) is 13.1 Å². The number of hydrogen-bond acceptors (Lipinski definition) is 3. The maximum atomic E-state index is 12.7. The number of piperidine rings is 1. The second-order valence-electron chi connectivity index (χ2n) is 7.27. The number of rotatable bonds is 4. The quantitative estimate of drug-likeness (QED) is 0.884. The van der Waals surface area contributed by atoms with Crippen LogP contribution in [0.1, 0.15) is 37.3 Å². The molecule has 1 aromatic rings. The lowest BCUT2D eigenvalue weighted by atomic mass is 9.83. The molecule has 8 heteroatoms. The third-order valence-electron chi connectivity index (χ3n) is 5.59. The van der Waals surface area contributed by atoms with Gasteiger partial charge in [0.25, 0.3) is 0 Å². The molecule has 3 rings (SSSR count). The maximum absolute atomic E-state index is 12.7. The summed E-state index contributed by atoms with van der Waals surface area (Å²) in [5.41, 5.74) is 4.82. The van der Waals surface area contributed by atoms with Gasteiger partial charge in [0.1, 0.15) is 0 Å². The van der Waals surface area contributed by atoms with Crippen LogP contribution >= 0.6 is 0 Å². The Morgan fingerprint density at radius 1 is 1.31 bits per heavy atom. The summed E-state index contributed by atoms with van der Waals surface area (Å²) in [5, 5.41) is 0. The summed E-state index contributed by atoms with van der Waals surface area (Å²) in [6, 6.07) is 4.94. The van der Waals surface area contributed by atoms with Gasteiger partial charge in [-0.2, -0.15) is 13.2 Å². The molecule has 0 radical (unpaired) electrons. The number of alkyl halides is 3. The predicted molar refractivity (Wildman–Crippen MR) is 88.8 cm³/mol. The SMILES string of the molecule is C[C@]12CCN(CC(N)=O)[C@H]1CCC(=O)N2Cc1ccc(C(F)(F)F)cc1. The van der Waals surface area contributed by atoms with E-state index in [1.807, 2.05) is 11.8 Å². The number of nitrogens with two attached hydrogens (primary N) is 1. The van der Waals surface area contributed by atoms with Gasteiger partial charge in [-0.3, -0.25) is 14.5 Å². The monoisotopic (exact) mass is 369 g/mol. The molecule has 2 N–H and O–H groups in total. The summed E-state index contributed by atoms with van der Waals surface area (Å²) in [7, 11) is 0. The Labute approximate surface area is 149 Å². The van der Waals surface area contributed by atoms with Gasteiger partial charge in [-0.05, 0) is 37.5 Å². The molecule has 2 heterocycles. The topological polar surface area (TPSA) is 66.6 Å². The molecule has 2 aliphatic heterocycles. The van der Waals surface area contributed by atoms with Crippen LogP contribution in [0.15, 0.2) is 24.3 Å². The van der Waals surface area contributed by atoms with Gasteiger partial charge in [0.2, 0.25) is 11.8 Å². The first-order chi connectivity index (χ1) is 12.1. The van der Waals surface area contributed by atoms with Crippen molar-refractivity contribution in [2.45, 2.75) is 50.5 Å². The van der Waals surface area contributed by atoms with Gasteiger partial charge in [0, 0.05) is 25.6 Å². The van der Waals surface area contributed by atoms with Crippen molar-refractivity contribution in [3.05, 3.63) is 35.4 Å². The van der Waals surface area contributed by atoms with Crippen LogP contribution in [0.4, 0.5) is 13.2 Å². The molecule has 0 aliphatic carbocycles. The highest BCUT2D eigenvalue weighted by Crippen LogP contribution is 2.41. The zero-order valence-corrected chi connectivity index (χ0v) is 14.6. The Bertz CT molecular complexity index is 705. The normalized spacial score (nSPS) is 26.8. The minimum absolute atomic E-state index is 0.00965. The van der Waals surface area contributed by atoms with E-state index in [1.165, 1.54) is 12.1 Å². The maximum Gasteiger partial charge on any atom is 0.416 e. The molecule has 0 unspecified atom stereocenters. The Hall–Kier alpha value is -2.09. The average Bonchev–Trinajstić information content (AvgIpc) is 2.86. The van der Waals surface area contributed by atoms with Crippen molar-refractivity contribution in [1.82, 2.24) is 9.80 Å². The van der Waals surface area contributed by atoms with Gasteiger partial charge in [0.15, 0.2) is 0 Å². The van der Waals surface area contributed by atoms with E-state index in [0.717, 1.165) is 12.1 Å². The van der Waals surface area contributed by atoms with E-state index in [-0.39, 0.29) is 25.0 Å². The van der Waals surface area contributed by atoms with Crippen LogP contribution < -0.4 is 5.73 Å². The molecule has 2 amide bonds. The van der Waals surface area contributed by atoms with E-state index in [1.54, 1.807) is 4.90 Å². The zero-order chi connectivity index (χ0) is 19.1. The van der Waals surface area contributed by atoms with Gasteiger partial charge in [-0.25, -0.2) is 0 Å². The highest BCUT2D eigenvalue weighted by atomic mass is 19.4. The number of hydrogen-bond donors (Lipinski definition) is 1. The second-order valence-corrected chi connectivity index (χ2v) is 7.27. The molecule has 5 nitrogen and oxygen atoms in total. The molecule has 142 valence electrons. The van der Waals surface area contributed by atoms with E-state index in [4.69, 9.17) is 5.73 Å². The van der Waals surface area contributed by atoms with Crippen molar-refractivity contribution in [3.63, 3.8) is 0 Å². The van der Waals surface area contributed by atoms with Crippen LogP contribution in [0.3, 0.4) is 0 Å². The molecular weight excluding hydrogens is 347 g/mol. The van der Waals surface area contributed by atoms with E-state index in [2.05, 4.69) is 0 Å². The van der Waals surface area contributed by atoms with Crippen LogP contribution in [0.2, 0.25) is 0 Å². The molecule has 0 saturated carbocycles. The van der Waals surface area contributed by atoms with Crippen molar-refractivity contribution < 1.29 is 22.8 Å². The smallest absolute Gasteiger partial charge is 0.369 e. The first-order valence-electron chi connectivity index (χ1n) is 8.60. The summed E-state index contributed by atoms with van der Waals surface area (Å²) in [4.78, 5) is 27.6. The van der Waals surface area contributed by atoms with E-state index in [0.29, 0.717) is 31.4 Å². The molecule has 0 aromatic heterocycles. The third kappa shape index (κ3) is 3.42. The first-order valence-corrected chi connectivity index (χ1v) is 8.60. The standard InChI is InChI=1S/C18H22F3N3O2/c1-17-8-9-23(11-15(22)25)14(17)6-7-16(26)24(17)10-12-2-4-13(5-3-12)18(19,20)21/h2-5,14H,6-11H2,1H3,(H2,22,25)/t14-,17-/m0/s1. The number of amides is 2. The molecule has 1 aromatic carbocycles. The Balaban J connectivity index is 1.80. The van der Waals surface area contributed by atoms with E-state index in [9.17, 15) is 22.8 Å². The van der Waals surface area contributed by atoms with Crippen molar-refractivity contribution in [1.29, 1.82) is 0 Å². The minimum Gasteiger partial charge on any atom is -0.369 e. The lowest BCUT2D eigenvalue weighted by Crippen LogP contribution is -2.60. The molecular formula is C18H22F3N3O2. The van der Waals surface area contributed by atoms with Gasteiger partial charge >= 0.3 is 6.18 Å². The number of primary amides is 1. The first kappa shape index (κ1) is 18.7. The predicted octanol–water partition coefficient (Wildman–Crippen LogP) is 2.15. The summed E-state index contributed by atoms with van der Waals surface area (Å²) in [5.74, 6) is -0.412. The largest absolute Gasteiger partial charge is 0.416 e. The summed E-state index contributed by atoms with van der Waals surface area (Å²) >= 11 is 0. The summed E-state index contributed by atoms with van der Waals surface area (Å²) in [6.07, 6.45) is -2.66. The molecule has 2 atom stereocenters. The fourth-order valence-corrected chi connectivity index (χ4v) is 4.21. The van der Waals surface area contributed by atoms with E-state index >= 15 is 0 Å². The van der Waals surface area contributed by atoms with Crippen LogP contribution in [0.25, 0.3) is 0 Å². The van der Waals surface area contributed by atoms with Crippen molar-refractivity contribution in [2.24, 2.45) is 5.73 Å². The summed E-state index contributed by atoms with van der Waals surface area (Å²) in [6.45, 7) is 3.07. The molecule has 26 heavy (non-hydrogen) atoms. The third-order valence-corrected chi connectivity index (χ3v) is 5.59. The summed E-state index contributed by atoms with van der Waals surface area (Å²) < 4.78 is 38.2. The Kier molecular flexibility index (Phi) is 4.72. The van der Waals surface area contributed by atoms with E-state index < -0.39 is 23.2 Å². The van der Waals surface area contributed by atoms with Gasteiger partial charge in [-0.15, -0.1) is 0 Å². The number of benzene rings is 1. The number of halogens is 3. The zero-order valence-electron chi connectivity index (χ0n) is 14.6. The van der Waals surface area contributed by atoms with Crippen LogP contribution in [-0.4, -0.2) is 46.3 Å². The van der Waals surface area contributed by atoms with Gasteiger partial charge in [-0.1, -0.05) is 12.1 Å². The Morgan fingerprint density at radius 3 is 2.54 bits per heavy atom. The fraction of sp³-hybridized carbons (Fsp3) is 0.556. The van der Waals surface area contributed by atoms with Crippen molar-refractivity contribution >= 4 is 11.8 Å². The molecule has 2 aliphatic rings. The number of nitrogens with zero attached hydrogens (tertiary/aromatic N) is 2. The number of fused-ring (bicyclic) bond motifs is 1. The molecule has 0 bridgehead atoms. The second kappa shape index (κ2) is 6.57. The number of carbonyl (C=O) groups is 2. The molecule has 2 saturated heterocycles. The highest BCUT2D eigenvalue weighted by Gasteiger charge is 2.52. The van der Waals surface area contributed by atoms with Crippen molar-refractivity contribution in [3.8, 4) is 0 Å². The van der Waals surface area contributed by atoms with Gasteiger partial charge < -0.3 is 10.6 Å². The minimum atomic E-state index is -4.38. The number of carbonyl (C=O) groups excluding carboxylic acids is 2. The van der Waals surface area contributed by atoms with Crippen LogP contribution in [0, 0.1) is 0 Å². The lowest BCUT2D eigenvalue weighted by molar-refractivity contribution is -0.144. The van der Waals surface area contributed by atoms with Crippen LogP contribution in [0.5, 0.6) is 0 Å². The Morgan fingerprint density at radius 2 is 1.96 bits per heavy atom. The molecule has 2 fully saturated rings. The van der Waals surface area contributed by atoms with Crippen LogP contribution in [-0.2, 0) is 22.3 Å². The average molecular weight is 369 g/mol. The molecule has 0 spiro atoms. The highest BCUT2D eigenvalue weighted by molar-refractivity contribution is 5.79. The van der Waals surface area contributed by atoms with Gasteiger partial charge in [0.05, 0.1) is 17.6 Å².